The minimum absolute atomic E-state index is 0.0250. The molecule has 3 heterocycles. The first-order valence-corrected chi connectivity index (χ1v) is 11.1. The zero-order chi connectivity index (χ0) is 19.7. The van der Waals surface area contributed by atoms with Crippen LogP contribution in [0.1, 0.15) is 28.9 Å². The standard InChI is InChI=1S/C19H21ClN4O3S/c20-16-3-1-14(2-4-16)12-24-13-15-5-9-23(10-6-18(15)28(24,26)27)19(25)17-11-21-7-8-22-17/h1-4,7-8,11,15,18H,5-6,9-10,12-13H2/t15-,18-/m1/s1. The van der Waals surface area contributed by atoms with Crippen LogP contribution < -0.4 is 0 Å². The summed E-state index contributed by atoms with van der Waals surface area (Å²) in [4.78, 5) is 22.3. The van der Waals surface area contributed by atoms with Crippen LogP contribution >= 0.6 is 11.6 Å². The number of likely N-dealkylation sites (tertiary alicyclic amines) is 1. The van der Waals surface area contributed by atoms with Gasteiger partial charge in [0.2, 0.25) is 10.0 Å². The van der Waals surface area contributed by atoms with E-state index in [0.717, 1.165) is 5.56 Å². The highest BCUT2D eigenvalue weighted by molar-refractivity contribution is 7.90. The minimum Gasteiger partial charge on any atom is -0.337 e. The summed E-state index contributed by atoms with van der Waals surface area (Å²) in [5.74, 6) is -0.166. The van der Waals surface area contributed by atoms with E-state index in [9.17, 15) is 13.2 Å². The van der Waals surface area contributed by atoms with Crippen LogP contribution in [0.5, 0.6) is 0 Å². The van der Waals surface area contributed by atoms with Crippen LogP contribution in [0.3, 0.4) is 0 Å². The van der Waals surface area contributed by atoms with Crippen LogP contribution in [0, 0.1) is 5.92 Å². The van der Waals surface area contributed by atoms with E-state index in [-0.39, 0.29) is 11.8 Å². The third kappa shape index (κ3) is 3.76. The van der Waals surface area contributed by atoms with Crippen molar-refractivity contribution in [2.75, 3.05) is 19.6 Å². The molecule has 28 heavy (non-hydrogen) atoms. The summed E-state index contributed by atoms with van der Waals surface area (Å²) in [6.45, 7) is 1.78. The first kappa shape index (κ1) is 19.3. The molecule has 2 aromatic rings. The van der Waals surface area contributed by atoms with Crippen LogP contribution in [0.2, 0.25) is 5.02 Å². The van der Waals surface area contributed by atoms with Crippen LogP contribution in [0.15, 0.2) is 42.9 Å². The Morgan fingerprint density at radius 1 is 1.14 bits per heavy atom. The molecule has 0 unspecified atom stereocenters. The molecule has 7 nitrogen and oxygen atoms in total. The number of carbonyl (C=O) groups excluding carboxylic acids is 1. The molecule has 4 rings (SSSR count). The zero-order valence-electron chi connectivity index (χ0n) is 15.2. The molecule has 0 radical (unpaired) electrons. The number of hydrogen-bond acceptors (Lipinski definition) is 5. The average molecular weight is 421 g/mol. The number of fused-ring (bicyclic) bond motifs is 1. The number of nitrogens with zero attached hydrogens (tertiary/aromatic N) is 4. The summed E-state index contributed by atoms with van der Waals surface area (Å²) < 4.78 is 27.7. The highest BCUT2D eigenvalue weighted by Gasteiger charge is 2.47. The quantitative estimate of drug-likeness (QED) is 0.760. The van der Waals surface area contributed by atoms with Crippen molar-refractivity contribution in [3.8, 4) is 0 Å². The molecular weight excluding hydrogens is 400 g/mol. The van der Waals surface area contributed by atoms with E-state index < -0.39 is 15.3 Å². The lowest BCUT2D eigenvalue weighted by atomic mass is 10.0. The van der Waals surface area contributed by atoms with E-state index >= 15 is 0 Å². The molecule has 1 aromatic carbocycles. The van der Waals surface area contributed by atoms with Gasteiger partial charge in [0.05, 0.1) is 11.4 Å². The van der Waals surface area contributed by atoms with Gasteiger partial charge in [-0.25, -0.2) is 13.4 Å². The normalized spacial score (nSPS) is 24.5. The molecule has 0 N–H and O–H groups in total. The molecule has 9 heteroatoms. The Bertz CT molecular complexity index is 953. The molecule has 1 aromatic heterocycles. The van der Waals surface area contributed by atoms with Gasteiger partial charge in [-0.15, -0.1) is 0 Å². The lowest BCUT2D eigenvalue weighted by Gasteiger charge is -2.21. The van der Waals surface area contributed by atoms with E-state index in [1.807, 2.05) is 12.1 Å². The summed E-state index contributed by atoms with van der Waals surface area (Å²) >= 11 is 5.91. The van der Waals surface area contributed by atoms with E-state index in [2.05, 4.69) is 9.97 Å². The van der Waals surface area contributed by atoms with Crippen LogP contribution in [-0.2, 0) is 16.6 Å². The Morgan fingerprint density at radius 2 is 1.89 bits per heavy atom. The van der Waals surface area contributed by atoms with Crippen molar-refractivity contribution in [3.05, 3.63) is 59.1 Å². The van der Waals surface area contributed by atoms with Gasteiger partial charge in [-0.1, -0.05) is 23.7 Å². The third-order valence-corrected chi connectivity index (χ3v) is 8.14. The van der Waals surface area contributed by atoms with Gasteiger partial charge in [-0.3, -0.25) is 9.78 Å². The maximum absolute atomic E-state index is 13.1. The zero-order valence-corrected chi connectivity index (χ0v) is 16.8. The van der Waals surface area contributed by atoms with Gasteiger partial charge in [0.25, 0.3) is 5.91 Å². The van der Waals surface area contributed by atoms with Gasteiger partial charge in [-0.2, -0.15) is 4.31 Å². The van der Waals surface area contributed by atoms with Gasteiger partial charge >= 0.3 is 0 Å². The Morgan fingerprint density at radius 3 is 2.61 bits per heavy atom. The molecule has 0 saturated carbocycles. The molecule has 2 saturated heterocycles. The number of halogens is 1. The van der Waals surface area contributed by atoms with Gasteiger partial charge in [-0.05, 0) is 36.5 Å². The predicted octanol–water partition coefficient (Wildman–Crippen LogP) is 2.20. The fourth-order valence-corrected chi connectivity index (χ4v) is 6.37. The van der Waals surface area contributed by atoms with Crippen molar-refractivity contribution in [1.29, 1.82) is 0 Å². The first-order chi connectivity index (χ1) is 13.4. The summed E-state index contributed by atoms with van der Waals surface area (Å²) in [5.41, 5.74) is 1.21. The van der Waals surface area contributed by atoms with E-state index in [1.54, 1.807) is 21.3 Å². The second kappa shape index (κ2) is 7.77. The predicted molar refractivity (Wildman–Crippen MR) is 105 cm³/mol. The maximum atomic E-state index is 13.1. The third-order valence-electron chi connectivity index (χ3n) is 5.50. The fourth-order valence-electron chi connectivity index (χ4n) is 4.02. The van der Waals surface area contributed by atoms with E-state index in [0.29, 0.717) is 49.7 Å². The Hall–Kier alpha value is -2.03. The van der Waals surface area contributed by atoms with Gasteiger partial charge in [0.1, 0.15) is 5.69 Å². The second-order valence-electron chi connectivity index (χ2n) is 7.22. The summed E-state index contributed by atoms with van der Waals surface area (Å²) in [7, 11) is -3.40. The topological polar surface area (TPSA) is 83.5 Å². The summed E-state index contributed by atoms with van der Waals surface area (Å²) in [5, 5.41) is 0.186. The second-order valence-corrected chi connectivity index (χ2v) is 9.81. The minimum atomic E-state index is -3.40. The smallest absolute Gasteiger partial charge is 0.274 e. The largest absolute Gasteiger partial charge is 0.337 e. The lowest BCUT2D eigenvalue weighted by molar-refractivity contribution is 0.0752. The molecule has 2 aliphatic heterocycles. The number of carbonyl (C=O) groups is 1. The van der Waals surface area contributed by atoms with Crippen LogP contribution in [0.4, 0.5) is 0 Å². The molecule has 0 spiro atoms. The van der Waals surface area contributed by atoms with Crippen molar-refractivity contribution in [2.24, 2.45) is 5.92 Å². The van der Waals surface area contributed by atoms with Crippen molar-refractivity contribution in [3.63, 3.8) is 0 Å². The molecule has 148 valence electrons. The Balaban J connectivity index is 1.46. The van der Waals surface area contributed by atoms with Gasteiger partial charge in [0.15, 0.2) is 0 Å². The number of sulfonamides is 1. The molecule has 2 fully saturated rings. The average Bonchev–Trinajstić information content (AvgIpc) is 2.84. The van der Waals surface area contributed by atoms with Crippen LogP contribution in [0.25, 0.3) is 0 Å². The molecule has 1 amide bonds. The maximum Gasteiger partial charge on any atom is 0.274 e. The van der Waals surface area contributed by atoms with Gasteiger partial charge < -0.3 is 4.90 Å². The van der Waals surface area contributed by atoms with Crippen LogP contribution in [-0.4, -0.2) is 58.4 Å². The van der Waals surface area contributed by atoms with Crippen molar-refractivity contribution >= 4 is 27.5 Å². The first-order valence-electron chi connectivity index (χ1n) is 9.24. The number of benzene rings is 1. The molecule has 2 aliphatic rings. The van der Waals surface area contributed by atoms with Crippen molar-refractivity contribution in [1.82, 2.24) is 19.2 Å². The van der Waals surface area contributed by atoms with E-state index in [1.165, 1.54) is 18.6 Å². The highest BCUT2D eigenvalue weighted by atomic mass is 35.5. The Kier molecular flexibility index (Phi) is 5.35. The van der Waals surface area contributed by atoms with E-state index in [4.69, 9.17) is 11.6 Å². The van der Waals surface area contributed by atoms with Gasteiger partial charge in [0, 0.05) is 43.6 Å². The summed E-state index contributed by atoms with van der Waals surface area (Å²) in [6.07, 6.45) is 5.55. The van der Waals surface area contributed by atoms with Crippen molar-refractivity contribution in [2.45, 2.75) is 24.6 Å². The molecule has 0 aliphatic carbocycles. The monoisotopic (exact) mass is 420 g/mol. The molecular formula is C19H21ClN4O3S. The summed E-state index contributed by atoms with van der Waals surface area (Å²) in [6, 6.07) is 7.25. The van der Waals surface area contributed by atoms with Crippen molar-refractivity contribution < 1.29 is 13.2 Å². The fraction of sp³-hybridized carbons (Fsp3) is 0.421. The molecule has 0 bridgehead atoms. The SMILES string of the molecule is O=C(c1cnccn1)N1CC[C@@H]2CN(Cc3ccc(Cl)cc3)S(=O)(=O)[C@@H]2CC1. The lowest BCUT2D eigenvalue weighted by Crippen LogP contribution is -2.35. The number of hydrogen-bond donors (Lipinski definition) is 0. The highest BCUT2D eigenvalue weighted by Crippen LogP contribution is 2.35. The number of amides is 1. The number of aromatic nitrogens is 2. The number of rotatable bonds is 3. The molecule has 2 atom stereocenters. The Labute approximate surface area is 169 Å².